The number of hydrogen-bond acceptors (Lipinski definition) is 7. The van der Waals surface area contributed by atoms with Crippen molar-refractivity contribution < 1.29 is 33.6 Å². The van der Waals surface area contributed by atoms with Crippen molar-refractivity contribution in [2.24, 2.45) is 0 Å². The molecule has 1 aromatic rings. The molecule has 1 aliphatic heterocycles. The number of ether oxygens (including phenoxy) is 4. The van der Waals surface area contributed by atoms with Crippen LogP contribution >= 0.6 is 0 Å². The lowest BCUT2D eigenvalue weighted by atomic mass is 10.0. The van der Waals surface area contributed by atoms with Crippen molar-refractivity contribution in [3.05, 3.63) is 29.8 Å². The number of benzene rings is 1. The molecule has 1 saturated heterocycles. The fourth-order valence-corrected chi connectivity index (χ4v) is 3.14. The summed E-state index contributed by atoms with van der Waals surface area (Å²) in [5.41, 5.74) is -0.531. The third-order valence-electron chi connectivity index (χ3n) is 4.42. The van der Waals surface area contributed by atoms with E-state index in [2.05, 4.69) is 0 Å². The van der Waals surface area contributed by atoms with Gasteiger partial charge in [-0.25, -0.2) is 9.59 Å². The first kappa shape index (κ1) is 23.8. The number of amides is 1. The van der Waals surface area contributed by atoms with E-state index in [0.717, 1.165) is 5.56 Å². The van der Waals surface area contributed by atoms with Gasteiger partial charge in [0.25, 0.3) is 0 Å². The molecule has 0 unspecified atom stereocenters. The van der Waals surface area contributed by atoms with Gasteiger partial charge in [0.2, 0.25) is 0 Å². The van der Waals surface area contributed by atoms with Crippen LogP contribution in [-0.2, 0) is 20.6 Å². The zero-order valence-corrected chi connectivity index (χ0v) is 18.8. The third kappa shape index (κ3) is 6.79. The Bertz CT molecular complexity index is 733. The van der Waals surface area contributed by atoms with Crippen LogP contribution in [0.25, 0.3) is 0 Å². The standard InChI is InChI=1S/C22H33NO7/c1-21(2,3)29-19(25)23-13-17(28-20(26)30-22(4,5)6)18(24)16(23)12-14-8-10-15(27-7)11-9-14/h8-11,16-18,24H,12-13H2,1-7H3/t16-,17+,18+/m1/s1. The second-order valence-corrected chi connectivity index (χ2v) is 9.36. The van der Waals surface area contributed by atoms with Crippen LogP contribution in [0, 0.1) is 0 Å². The van der Waals surface area contributed by atoms with Crippen LogP contribution in [0.4, 0.5) is 9.59 Å². The van der Waals surface area contributed by atoms with Crippen LogP contribution in [0.3, 0.4) is 0 Å². The number of hydrogen-bond donors (Lipinski definition) is 1. The molecule has 1 aliphatic rings. The Hall–Kier alpha value is -2.48. The average molecular weight is 424 g/mol. The maximum Gasteiger partial charge on any atom is 0.509 e. The molecule has 2 rings (SSSR count). The fraction of sp³-hybridized carbons (Fsp3) is 0.636. The number of carbonyl (C=O) groups excluding carboxylic acids is 2. The molecule has 3 atom stereocenters. The molecule has 1 N–H and O–H groups in total. The van der Waals surface area contributed by atoms with E-state index in [1.54, 1.807) is 48.7 Å². The van der Waals surface area contributed by atoms with E-state index in [9.17, 15) is 14.7 Å². The smallest absolute Gasteiger partial charge is 0.497 e. The van der Waals surface area contributed by atoms with E-state index < -0.39 is 41.7 Å². The van der Waals surface area contributed by atoms with E-state index in [0.29, 0.717) is 12.2 Å². The van der Waals surface area contributed by atoms with E-state index in [-0.39, 0.29) is 6.54 Å². The normalized spacial score (nSPS) is 21.9. The van der Waals surface area contributed by atoms with Gasteiger partial charge in [-0.1, -0.05) is 12.1 Å². The van der Waals surface area contributed by atoms with Gasteiger partial charge in [0.1, 0.15) is 23.1 Å². The lowest BCUT2D eigenvalue weighted by molar-refractivity contribution is -0.0486. The molecule has 1 aromatic carbocycles. The highest BCUT2D eigenvalue weighted by Crippen LogP contribution is 2.28. The predicted molar refractivity (Wildman–Crippen MR) is 111 cm³/mol. The summed E-state index contributed by atoms with van der Waals surface area (Å²) in [6.07, 6.45) is -3.11. The second-order valence-electron chi connectivity index (χ2n) is 9.36. The summed E-state index contributed by atoms with van der Waals surface area (Å²) >= 11 is 0. The van der Waals surface area contributed by atoms with E-state index in [1.807, 2.05) is 24.3 Å². The minimum Gasteiger partial charge on any atom is -0.497 e. The van der Waals surface area contributed by atoms with Crippen molar-refractivity contribution in [1.82, 2.24) is 4.90 Å². The fourth-order valence-electron chi connectivity index (χ4n) is 3.14. The Labute approximate surface area is 178 Å². The first-order chi connectivity index (χ1) is 13.8. The molecule has 1 fully saturated rings. The molecule has 0 saturated carbocycles. The molecule has 8 heteroatoms. The van der Waals surface area contributed by atoms with Crippen molar-refractivity contribution in [3.63, 3.8) is 0 Å². The lowest BCUT2D eigenvalue weighted by Crippen LogP contribution is -2.43. The summed E-state index contributed by atoms with van der Waals surface area (Å²) < 4.78 is 21.2. The predicted octanol–water partition coefficient (Wildman–Crippen LogP) is 3.54. The number of carbonyl (C=O) groups is 2. The molecule has 168 valence electrons. The average Bonchev–Trinajstić information content (AvgIpc) is 2.89. The first-order valence-corrected chi connectivity index (χ1v) is 9.99. The van der Waals surface area contributed by atoms with Crippen molar-refractivity contribution in [3.8, 4) is 5.75 Å². The van der Waals surface area contributed by atoms with Crippen molar-refractivity contribution in [1.29, 1.82) is 0 Å². The van der Waals surface area contributed by atoms with Gasteiger partial charge in [0.15, 0.2) is 6.10 Å². The minimum atomic E-state index is -1.09. The molecule has 0 aliphatic carbocycles. The highest BCUT2D eigenvalue weighted by Gasteiger charge is 2.47. The molecule has 0 radical (unpaired) electrons. The van der Waals surface area contributed by atoms with Gasteiger partial charge >= 0.3 is 12.2 Å². The summed E-state index contributed by atoms with van der Waals surface area (Å²) in [5, 5.41) is 10.9. The van der Waals surface area contributed by atoms with Gasteiger partial charge in [0.05, 0.1) is 19.7 Å². The topological polar surface area (TPSA) is 94.5 Å². The highest BCUT2D eigenvalue weighted by molar-refractivity contribution is 5.69. The number of nitrogens with zero attached hydrogens (tertiary/aromatic N) is 1. The molecule has 1 heterocycles. The Morgan fingerprint density at radius 2 is 1.60 bits per heavy atom. The van der Waals surface area contributed by atoms with Gasteiger partial charge in [-0.3, -0.25) is 4.90 Å². The Kier molecular flexibility index (Phi) is 7.23. The van der Waals surface area contributed by atoms with Crippen molar-refractivity contribution in [2.45, 2.75) is 77.4 Å². The molecular formula is C22H33NO7. The molecule has 0 bridgehead atoms. The van der Waals surface area contributed by atoms with Crippen LogP contribution in [0.2, 0.25) is 0 Å². The van der Waals surface area contributed by atoms with E-state index >= 15 is 0 Å². The van der Waals surface area contributed by atoms with Gasteiger partial charge < -0.3 is 24.1 Å². The lowest BCUT2D eigenvalue weighted by Gasteiger charge is -2.29. The quantitative estimate of drug-likeness (QED) is 0.740. The zero-order valence-electron chi connectivity index (χ0n) is 18.8. The number of aliphatic hydroxyl groups is 1. The van der Waals surface area contributed by atoms with Gasteiger partial charge in [-0.2, -0.15) is 0 Å². The van der Waals surface area contributed by atoms with Gasteiger partial charge in [-0.15, -0.1) is 0 Å². The molecule has 8 nitrogen and oxygen atoms in total. The minimum absolute atomic E-state index is 0.0101. The zero-order chi connectivity index (χ0) is 22.7. The SMILES string of the molecule is COc1ccc(C[C@@H]2[C@H](O)[C@@H](OC(=O)OC(C)(C)C)CN2C(=O)OC(C)(C)C)cc1. The number of likely N-dealkylation sites (tertiary alicyclic amines) is 1. The highest BCUT2D eigenvalue weighted by atomic mass is 16.7. The Morgan fingerprint density at radius 1 is 1.03 bits per heavy atom. The van der Waals surface area contributed by atoms with Crippen LogP contribution in [0.15, 0.2) is 24.3 Å². The summed E-state index contributed by atoms with van der Waals surface area (Å²) in [5.74, 6) is 0.709. The van der Waals surface area contributed by atoms with Crippen LogP contribution < -0.4 is 4.74 Å². The van der Waals surface area contributed by atoms with Crippen molar-refractivity contribution in [2.75, 3.05) is 13.7 Å². The van der Waals surface area contributed by atoms with Crippen LogP contribution in [0.5, 0.6) is 5.75 Å². The van der Waals surface area contributed by atoms with E-state index in [1.165, 1.54) is 4.90 Å². The van der Waals surface area contributed by atoms with Crippen LogP contribution in [0.1, 0.15) is 47.1 Å². The van der Waals surface area contributed by atoms with Crippen molar-refractivity contribution >= 4 is 12.2 Å². The van der Waals surface area contributed by atoms with Gasteiger partial charge in [-0.05, 0) is 65.7 Å². The largest absolute Gasteiger partial charge is 0.509 e. The summed E-state index contributed by atoms with van der Waals surface area (Å²) in [4.78, 5) is 26.3. The molecule has 1 amide bonds. The number of aliphatic hydroxyl groups excluding tert-OH is 1. The second kappa shape index (κ2) is 9.12. The van der Waals surface area contributed by atoms with E-state index in [4.69, 9.17) is 18.9 Å². The van der Waals surface area contributed by atoms with Crippen LogP contribution in [-0.4, -0.2) is 65.4 Å². The molecular weight excluding hydrogens is 390 g/mol. The summed E-state index contributed by atoms with van der Waals surface area (Å²) in [6, 6.07) is 6.72. The molecule has 0 spiro atoms. The summed E-state index contributed by atoms with van der Waals surface area (Å²) in [7, 11) is 1.58. The maximum atomic E-state index is 12.8. The number of methoxy groups -OCH3 is 1. The van der Waals surface area contributed by atoms with Gasteiger partial charge in [0, 0.05) is 0 Å². The Balaban J connectivity index is 2.19. The third-order valence-corrected chi connectivity index (χ3v) is 4.42. The first-order valence-electron chi connectivity index (χ1n) is 9.99. The number of rotatable bonds is 4. The molecule has 0 aromatic heterocycles. The Morgan fingerprint density at radius 3 is 2.10 bits per heavy atom. The summed E-state index contributed by atoms with van der Waals surface area (Å²) in [6.45, 7) is 10.5. The molecule has 30 heavy (non-hydrogen) atoms. The monoisotopic (exact) mass is 423 g/mol. The maximum absolute atomic E-state index is 12.8.